The third-order valence-corrected chi connectivity index (χ3v) is 11.3. The molecular weight excluding hydrogens is 711 g/mol. The average molecular weight is 800 g/mol. The van der Waals surface area contributed by atoms with Gasteiger partial charge in [0.15, 0.2) is 5.75 Å². The van der Waals surface area contributed by atoms with Crippen LogP contribution in [-0.2, 0) is 37.1 Å². The van der Waals surface area contributed by atoms with E-state index in [9.17, 15) is 14.4 Å². The molecule has 7 nitrogen and oxygen atoms in total. The molecule has 57 heavy (non-hydrogen) atoms. The molecule has 0 saturated heterocycles. The molecule has 0 unspecified atom stereocenters. The third kappa shape index (κ3) is 31.2. The molecule has 0 saturated carbocycles. The van der Waals surface area contributed by atoms with E-state index in [1.807, 2.05) is 0 Å². The fourth-order valence-corrected chi connectivity index (χ4v) is 7.51. The summed E-state index contributed by atoms with van der Waals surface area (Å²) in [5.41, 5.74) is 1.71. The third-order valence-electron chi connectivity index (χ3n) is 11.3. The number of carbonyl (C=O) groups is 3. The van der Waals surface area contributed by atoms with Crippen molar-refractivity contribution in [2.45, 2.75) is 272 Å². The van der Waals surface area contributed by atoms with E-state index in [2.05, 4.69) is 25.8 Å². The number of pyridine rings is 1. The molecule has 0 aliphatic rings. The number of ether oxygens (including phenoxy) is 3. The summed E-state index contributed by atoms with van der Waals surface area (Å²) < 4.78 is 17.4. The van der Waals surface area contributed by atoms with E-state index in [-0.39, 0.29) is 31.1 Å². The van der Waals surface area contributed by atoms with Crippen molar-refractivity contribution in [2.75, 3.05) is 0 Å². The van der Waals surface area contributed by atoms with Crippen LogP contribution in [0.2, 0.25) is 0 Å². The van der Waals surface area contributed by atoms with Crippen LogP contribution in [0.1, 0.15) is 269 Å². The Balaban J connectivity index is 2.61. The van der Waals surface area contributed by atoms with Crippen LogP contribution in [-0.4, -0.2) is 22.9 Å². The summed E-state index contributed by atoms with van der Waals surface area (Å²) in [6, 6.07) is 0. The number of rotatable bonds is 41. The van der Waals surface area contributed by atoms with Gasteiger partial charge < -0.3 is 14.2 Å². The number of esters is 3. The van der Waals surface area contributed by atoms with E-state index in [1.165, 1.54) is 154 Å². The summed E-state index contributed by atoms with van der Waals surface area (Å²) in [4.78, 5) is 43.1. The Kier molecular flexibility index (Phi) is 36.0. The summed E-state index contributed by atoms with van der Waals surface area (Å²) in [5.74, 6) is -0.501. The fraction of sp³-hybridized carbons (Fsp3) is 0.840. The molecule has 0 fully saturated rings. The SMILES string of the molecule is CCCCCCCCCCCCCC(=O)OCc1cnc(C)c(OC(=O)CCCCCCCCCCCCC)c1COC(=O)CCCCCCCCCCCCC. The molecule has 0 aliphatic carbocycles. The van der Waals surface area contributed by atoms with E-state index in [0.29, 0.717) is 41.8 Å². The fourth-order valence-electron chi connectivity index (χ4n) is 7.51. The zero-order valence-corrected chi connectivity index (χ0v) is 37.8. The largest absolute Gasteiger partial charge is 0.461 e. The Hall–Kier alpha value is -2.44. The Bertz CT molecular complexity index is 1120. The van der Waals surface area contributed by atoms with Crippen molar-refractivity contribution in [1.29, 1.82) is 0 Å². The number of hydrogen-bond acceptors (Lipinski definition) is 7. The lowest BCUT2D eigenvalue weighted by molar-refractivity contribution is -0.146. The van der Waals surface area contributed by atoms with Crippen LogP contribution in [0, 0.1) is 6.92 Å². The standard InChI is InChI=1S/C50H89NO6/c1-5-8-11-14-17-20-23-26-29-32-35-38-47(52)55-42-45-41-51-44(4)50(57-49(54)40-37-34-31-28-25-22-19-16-13-10-7-3)46(45)43-56-48(53)39-36-33-30-27-24-21-18-15-12-9-6-2/h41H,5-40,42-43H2,1-4H3. The first-order valence-electron chi connectivity index (χ1n) is 24.4. The second kappa shape index (κ2) is 39.0. The van der Waals surface area contributed by atoms with Crippen molar-refractivity contribution in [2.24, 2.45) is 0 Å². The maximum Gasteiger partial charge on any atom is 0.311 e. The van der Waals surface area contributed by atoms with Crippen molar-refractivity contribution in [3.8, 4) is 5.75 Å². The summed E-state index contributed by atoms with van der Waals surface area (Å²) in [5, 5.41) is 0. The van der Waals surface area contributed by atoms with Crippen molar-refractivity contribution in [3.63, 3.8) is 0 Å². The Morgan fingerprint density at radius 1 is 0.421 bits per heavy atom. The van der Waals surface area contributed by atoms with Crippen LogP contribution in [0.3, 0.4) is 0 Å². The Morgan fingerprint density at radius 2 is 0.719 bits per heavy atom. The van der Waals surface area contributed by atoms with E-state index < -0.39 is 0 Å². The predicted octanol–water partition coefficient (Wildman–Crippen LogP) is 15.5. The minimum absolute atomic E-state index is 0.00120. The lowest BCUT2D eigenvalue weighted by Crippen LogP contribution is -2.15. The first kappa shape index (κ1) is 52.6. The van der Waals surface area contributed by atoms with E-state index >= 15 is 0 Å². The smallest absolute Gasteiger partial charge is 0.311 e. The minimum atomic E-state index is -0.310. The minimum Gasteiger partial charge on any atom is -0.461 e. The molecule has 0 atom stereocenters. The molecule has 7 heteroatoms. The average Bonchev–Trinajstić information content (AvgIpc) is 3.20. The van der Waals surface area contributed by atoms with Gasteiger partial charge in [0.05, 0.1) is 5.69 Å². The highest BCUT2D eigenvalue weighted by atomic mass is 16.5. The maximum absolute atomic E-state index is 13.1. The van der Waals surface area contributed by atoms with Gasteiger partial charge in [-0.05, 0) is 26.2 Å². The molecule has 330 valence electrons. The number of carbonyl (C=O) groups excluding carboxylic acids is 3. The first-order chi connectivity index (χ1) is 27.9. The molecule has 1 aromatic rings. The van der Waals surface area contributed by atoms with Gasteiger partial charge in [-0.25, -0.2) is 0 Å². The molecular formula is C50H89NO6. The van der Waals surface area contributed by atoms with Crippen molar-refractivity contribution < 1.29 is 28.6 Å². The summed E-state index contributed by atoms with van der Waals surface area (Å²) in [7, 11) is 0. The van der Waals surface area contributed by atoms with Gasteiger partial charge >= 0.3 is 17.9 Å². The summed E-state index contributed by atoms with van der Waals surface area (Å²) >= 11 is 0. The van der Waals surface area contributed by atoms with Crippen LogP contribution in [0.15, 0.2) is 6.20 Å². The van der Waals surface area contributed by atoms with Crippen LogP contribution in [0.25, 0.3) is 0 Å². The maximum atomic E-state index is 13.1. The highest BCUT2D eigenvalue weighted by Gasteiger charge is 2.20. The lowest BCUT2D eigenvalue weighted by atomic mass is 10.1. The molecule has 0 spiro atoms. The molecule has 0 bridgehead atoms. The lowest BCUT2D eigenvalue weighted by Gasteiger charge is -2.17. The molecule has 0 radical (unpaired) electrons. The number of aryl methyl sites for hydroxylation is 1. The second-order valence-corrected chi connectivity index (χ2v) is 16.8. The predicted molar refractivity (Wildman–Crippen MR) is 237 cm³/mol. The highest BCUT2D eigenvalue weighted by Crippen LogP contribution is 2.28. The normalized spacial score (nSPS) is 11.2. The molecule has 1 heterocycles. The molecule has 0 aromatic carbocycles. The van der Waals surface area contributed by atoms with Gasteiger partial charge in [0, 0.05) is 36.6 Å². The zero-order chi connectivity index (χ0) is 41.4. The van der Waals surface area contributed by atoms with Gasteiger partial charge in [0.2, 0.25) is 0 Å². The van der Waals surface area contributed by atoms with Crippen LogP contribution in [0.5, 0.6) is 5.75 Å². The number of unbranched alkanes of at least 4 members (excludes halogenated alkanes) is 30. The van der Waals surface area contributed by atoms with Gasteiger partial charge in [-0.15, -0.1) is 0 Å². The van der Waals surface area contributed by atoms with Gasteiger partial charge in [0.25, 0.3) is 0 Å². The highest BCUT2D eigenvalue weighted by molar-refractivity contribution is 5.73. The zero-order valence-electron chi connectivity index (χ0n) is 37.8. The van der Waals surface area contributed by atoms with E-state index in [1.54, 1.807) is 13.1 Å². The van der Waals surface area contributed by atoms with Crippen LogP contribution in [0.4, 0.5) is 0 Å². The van der Waals surface area contributed by atoms with Crippen molar-refractivity contribution in [1.82, 2.24) is 4.98 Å². The molecule has 1 rings (SSSR count). The monoisotopic (exact) mass is 800 g/mol. The van der Waals surface area contributed by atoms with Gasteiger partial charge in [-0.3, -0.25) is 19.4 Å². The summed E-state index contributed by atoms with van der Waals surface area (Å²) in [6.07, 6.45) is 42.9. The Labute approximate surface area is 351 Å². The van der Waals surface area contributed by atoms with Gasteiger partial charge in [0.1, 0.15) is 13.2 Å². The first-order valence-corrected chi connectivity index (χ1v) is 24.4. The van der Waals surface area contributed by atoms with Crippen molar-refractivity contribution in [3.05, 3.63) is 23.0 Å². The van der Waals surface area contributed by atoms with E-state index in [4.69, 9.17) is 14.2 Å². The van der Waals surface area contributed by atoms with Crippen LogP contribution >= 0.6 is 0 Å². The molecule has 0 N–H and O–H groups in total. The number of hydrogen-bond donors (Lipinski definition) is 0. The van der Waals surface area contributed by atoms with Gasteiger partial charge in [-0.2, -0.15) is 0 Å². The molecule has 0 aliphatic heterocycles. The van der Waals surface area contributed by atoms with Gasteiger partial charge in [-0.1, -0.05) is 213 Å². The van der Waals surface area contributed by atoms with E-state index in [0.717, 1.165) is 57.8 Å². The summed E-state index contributed by atoms with van der Waals surface area (Å²) in [6.45, 7) is 8.50. The molecule has 0 amide bonds. The van der Waals surface area contributed by atoms with Crippen LogP contribution < -0.4 is 4.74 Å². The number of nitrogens with zero attached hydrogens (tertiary/aromatic N) is 1. The second-order valence-electron chi connectivity index (χ2n) is 16.8. The Morgan fingerprint density at radius 3 is 1.07 bits per heavy atom. The quantitative estimate of drug-likeness (QED) is 0.0481. The molecule has 1 aromatic heterocycles. The number of aromatic nitrogens is 1. The topological polar surface area (TPSA) is 91.8 Å². The van der Waals surface area contributed by atoms with Crippen molar-refractivity contribution >= 4 is 17.9 Å².